The molecule has 22 heavy (non-hydrogen) atoms. The van der Waals surface area contributed by atoms with E-state index < -0.39 is 23.1 Å². The SMILES string of the molecule is CC(C)=CCC/C(C)=C/CNc1ccc(F)c(C(N)=O)c1F. The molecule has 120 valence electrons. The number of carbonyl (C=O) groups is 1. The van der Waals surface area contributed by atoms with Crippen LogP contribution < -0.4 is 11.1 Å². The summed E-state index contributed by atoms with van der Waals surface area (Å²) in [4.78, 5) is 11.0. The number of halogens is 2. The molecule has 0 unspecified atom stereocenters. The number of amides is 1. The van der Waals surface area contributed by atoms with E-state index in [-0.39, 0.29) is 5.69 Å². The Morgan fingerprint density at radius 3 is 2.50 bits per heavy atom. The predicted octanol–water partition coefficient (Wildman–Crippen LogP) is 4.17. The molecule has 1 aromatic rings. The van der Waals surface area contributed by atoms with E-state index in [0.717, 1.165) is 18.9 Å². The Hall–Kier alpha value is -2.17. The number of hydrogen-bond acceptors (Lipinski definition) is 2. The largest absolute Gasteiger partial charge is 0.379 e. The summed E-state index contributed by atoms with van der Waals surface area (Å²) in [7, 11) is 0. The number of benzene rings is 1. The van der Waals surface area contributed by atoms with Crippen LogP contribution in [0.3, 0.4) is 0 Å². The van der Waals surface area contributed by atoms with Crippen LogP contribution in [0, 0.1) is 11.6 Å². The molecule has 0 aliphatic carbocycles. The Morgan fingerprint density at radius 1 is 1.23 bits per heavy atom. The number of anilines is 1. The van der Waals surface area contributed by atoms with Gasteiger partial charge in [-0.25, -0.2) is 8.78 Å². The Balaban J connectivity index is 2.67. The molecular weight excluding hydrogens is 286 g/mol. The van der Waals surface area contributed by atoms with E-state index in [1.807, 2.05) is 26.8 Å². The van der Waals surface area contributed by atoms with E-state index in [9.17, 15) is 13.6 Å². The van der Waals surface area contributed by atoms with Crippen LogP contribution in [0.5, 0.6) is 0 Å². The van der Waals surface area contributed by atoms with Gasteiger partial charge in [0.15, 0.2) is 5.82 Å². The number of primary amides is 1. The van der Waals surface area contributed by atoms with E-state index in [0.29, 0.717) is 6.54 Å². The maximum absolute atomic E-state index is 14.0. The summed E-state index contributed by atoms with van der Waals surface area (Å²) >= 11 is 0. The summed E-state index contributed by atoms with van der Waals surface area (Å²) in [5.41, 5.74) is 6.77. The lowest BCUT2D eigenvalue weighted by Crippen LogP contribution is -2.17. The van der Waals surface area contributed by atoms with Crippen molar-refractivity contribution in [3.8, 4) is 0 Å². The van der Waals surface area contributed by atoms with Crippen LogP contribution in [0.4, 0.5) is 14.5 Å². The summed E-state index contributed by atoms with van der Waals surface area (Å²) in [6, 6.07) is 2.28. The second-order valence-corrected chi connectivity index (χ2v) is 5.40. The molecule has 0 aromatic heterocycles. The van der Waals surface area contributed by atoms with Gasteiger partial charge >= 0.3 is 0 Å². The molecule has 0 heterocycles. The highest BCUT2D eigenvalue weighted by atomic mass is 19.1. The van der Waals surface area contributed by atoms with Crippen LogP contribution in [-0.4, -0.2) is 12.5 Å². The van der Waals surface area contributed by atoms with Gasteiger partial charge in [-0.2, -0.15) is 0 Å². The van der Waals surface area contributed by atoms with Crippen LogP contribution in [0.25, 0.3) is 0 Å². The molecule has 0 spiro atoms. The average molecular weight is 308 g/mol. The number of rotatable bonds is 7. The van der Waals surface area contributed by atoms with Gasteiger partial charge in [-0.05, 0) is 45.7 Å². The summed E-state index contributed by atoms with van der Waals surface area (Å²) in [6.45, 7) is 6.49. The third-order valence-electron chi connectivity index (χ3n) is 3.17. The molecule has 5 heteroatoms. The minimum absolute atomic E-state index is 0.0588. The van der Waals surface area contributed by atoms with E-state index in [2.05, 4.69) is 11.4 Å². The van der Waals surface area contributed by atoms with Crippen molar-refractivity contribution in [1.29, 1.82) is 0 Å². The molecule has 3 nitrogen and oxygen atoms in total. The molecular formula is C17H22F2N2O. The smallest absolute Gasteiger partial charge is 0.254 e. The molecule has 0 saturated heterocycles. The molecule has 0 radical (unpaired) electrons. The molecule has 0 atom stereocenters. The Bertz CT molecular complexity index is 603. The zero-order valence-corrected chi connectivity index (χ0v) is 13.2. The lowest BCUT2D eigenvalue weighted by Gasteiger charge is -2.09. The Morgan fingerprint density at radius 2 is 1.91 bits per heavy atom. The van der Waals surface area contributed by atoms with Crippen molar-refractivity contribution in [3.05, 3.63) is 52.6 Å². The van der Waals surface area contributed by atoms with Crippen molar-refractivity contribution in [2.75, 3.05) is 11.9 Å². The molecule has 1 aromatic carbocycles. The Labute approximate surface area is 129 Å². The molecule has 0 fully saturated rings. The molecule has 1 rings (SSSR count). The molecule has 0 saturated carbocycles. The van der Waals surface area contributed by atoms with E-state index in [1.54, 1.807) is 0 Å². The minimum Gasteiger partial charge on any atom is -0.379 e. The van der Waals surface area contributed by atoms with Crippen LogP contribution in [-0.2, 0) is 0 Å². The van der Waals surface area contributed by atoms with Gasteiger partial charge in [0.05, 0.1) is 5.69 Å². The van der Waals surface area contributed by atoms with Gasteiger partial charge in [0.25, 0.3) is 5.91 Å². The second kappa shape index (κ2) is 8.32. The first-order chi connectivity index (χ1) is 10.3. The van der Waals surface area contributed by atoms with E-state index in [4.69, 9.17) is 5.73 Å². The molecule has 1 amide bonds. The van der Waals surface area contributed by atoms with Gasteiger partial charge in [0.2, 0.25) is 0 Å². The summed E-state index contributed by atoms with van der Waals surface area (Å²) in [5, 5.41) is 2.82. The predicted molar refractivity (Wildman–Crippen MR) is 85.8 cm³/mol. The van der Waals surface area contributed by atoms with Crippen molar-refractivity contribution in [2.45, 2.75) is 33.6 Å². The minimum atomic E-state index is -1.12. The zero-order valence-electron chi connectivity index (χ0n) is 13.2. The fraction of sp³-hybridized carbons (Fsp3) is 0.353. The first-order valence-corrected chi connectivity index (χ1v) is 7.13. The first kappa shape index (κ1) is 17.9. The van der Waals surface area contributed by atoms with Crippen molar-refractivity contribution < 1.29 is 13.6 Å². The van der Waals surface area contributed by atoms with Crippen LogP contribution in [0.2, 0.25) is 0 Å². The number of nitrogens with two attached hydrogens (primary N) is 1. The Kier molecular flexibility index (Phi) is 6.76. The van der Waals surface area contributed by atoms with Gasteiger partial charge in [-0.1, -0.05) is 23.3 Å². The fourth-order valence-corrected chi connectivity index (χ4v) is 1.94. The molecule has 0 aliphatic rings. The van der Waals surface area contributed by atoms with Crippen molar-refractivity contribution in [2.24, 2.45) is 5.73 Å². The van der Waals surface area contributed by atoms with Gasteiger partial charge in [-0.15, -0.1) is 0 Å². The second-order valence-electron chi connectivity index (χ2n) is 5.40. The summed E-state index contributed by atoms with van der Waals surface area (Å²) < 4.78 is 27.3. The maximum Gasteiger partial charge on any atom is 0.254 e. The number of hydrogen-bond donors (Lipinski definition) is 2. The van der Waals surface area contributed by atoms with Crippen LogP contribution in [0.15, 0.2) is 35.4 Å². The van der Waals surface area contributed by atoms with Gasteiger partial charge in [0.1, 0.15) is 11.4 Å². The van der Waals surface area contributed by atoms with Crippen molar-refractivity contribution in [1.82, 2.24) is 0 Å². The van der Waals surface area contributed by atoms with Crippen LogP contribution in [0.1, 0.15) is 44.0 Å². The third-order valence-corrected chi connectivity index (χ3v) is 3.17. The topological polar surface area (TPSA) is 55.1 Å². The monoisotopic (exact) mass is 308 g/mol. The van der Waals surface area contributed by atoms with Crippen molar-refractivity contribution in [3.63, 3.8) is 0 Å². The zero-order chi connectivity index (χ0) is 16.7. The lowest BCUT2D eigenvalue weighted by molar-refractivity contribution is 0.0992. The van der Waals surface area contributed by atoms with Gasteiger partial charge in [0, 0.05) is 6.54 Å². The quantitative estimate of drug-likeness (QED) is 0.743. The van der Waals surface area contributed by atoms with Crippen LogP contribution >= 0.6 is 0 Å². The highest BCUT2D eigenvalue weighted by Gasteiger charge is 2.17. The average Bonchev–Trinajstić information content (AvgIpc) is 2.40. The number of carbonyl (C=O) groups excluding carboxylic acids is 1. The third kappa shape index (κ3) is 5.31. The molecule has 0 aliphatic heterocycles. The fourth-order valence-electron chi connectivity index (χ4n) is 1.94. The summed E-state index contributed by atoms with van der Waals surface area (Å²) in [6.07, 6.45) is 5.97. The highest BCUT2D eigenvalue weighted by molar-refractivity contribution is 5.94. The van der Waals surface area contributed by atoms with Gasteiger partial charge in [-0.3, -0.25) is 4.79 Å². The van der Waals surface area contributed by atoms with Crippen molar-refractivity contribution >= 4 is 11.6 Å². The normalized spacial score (nSPS) is 11.2. The molecule has 3 N–H and O–H groups in total. The highest BCUT2D eigenvalue weighted by Crippen LogP contribution is 2.20. The lowest BCUT2D eigenvalue weighted by atomic mass is 10.1. The first-order valence-electron chi connectivity index (χ1n) is 7.13. The van der Waals surface area contributed by atoms with Gasteiger partial charge < -0.3 is 11.1 Å². The summed E-state index contributed by atoms with van der Waals surface area (Å²) in [5.74, 6) is -3.03. The number of nitrogens with one attached hydrogen (secondary N) is 1. The molecule has 0 bridgehead atoms. The van der Waals surface area contributed by atoms with E-state index in [1.165, 1.54) is 17.2 Å². The maximum atomic E-state index is 14.0. The standard InChI is InChI=1S/C17H22F2N2O/c1-11(2)5-4-6-12(3)9-10-21-14-8-7-13(18)15(16(14)19)17(20)22/h5,7-9,21H,4,6,10H2,1-3H3,(H2,20,22)/b12-9+. The number of allylic oxidation sites excluding steroid dienone is 3. The van der Waals surface area contributed by atoms with E-state index >= 15 is 0 Å².